The number of amides is 1. The van der Waals surface area contributed by atoms with Gasteiger partial charge in [-0.05, 0) is 23.3 Å². The van der Waals surface area contributed by atoms with Crippen LogP contribution in [0.15, 0.2) is 48.5 Å². The molecule has 0 spiro atoms. The average Bonchev–Trinajstić information content (AvgIpc) is 2.87. The molecule has 2 aromatic carbocycles. The van der Waals surface area contributed by atoms with Crippen LogP contribution in [0.25, 0.3) is 11.0 Å². The van der Waals surface area contributed by atoms with Gasteiger partial charge < -0.3 is 15.8 Å². The van der Waals surface area contributed by atoms with Crippen LogP contribution in [-0.4, -0.2) is 21.2 Å². The summed E-state index contributed by atoms with van der Waals surface area (Å²) < 4.78 is 0. The molecule has 0 saturated carbocycles. The first-order valence-electron chi connectivity index (χ1n) is 6.43. The van der Waals surface area contributed by atoms with Crippen molar-refractivity contribution in [1.82, 2.24) is 9.97 Å². The highest BCUT2D eigenvalue weighted by Crippen LogP contribution is 2.23. The van der Waals surface area contributed by atoms with Gasteiger partial charge in [0.2, 0.25) is 5.95 Å². The minimum atomic E-state index is -1.16. The molecule has 0 saturated heterocycles. The predicted molar refractivity (Wildman–Crippen MR) is 80.2 cm³/mol. The van der Waals surface area contributed by atoms with Crippen molar-refractivity contribution >= 4 is 23.1 Å². The lowest BCUT2D eigenvalue weighted by atomic mass is 9.99. The second-order valence-corrected chi connectivity index (χ2v) is 4.68. The Morgan fingerprint density at radius 1 is 1.19 bits per heavy atom. The molecule has 1 atom stereocenters. The van der Waals surface area contributed by atoms with Crippen LogP contribution in [0.5, 0.6) is 0 Å². The van der Waals surface area contributed by atoms with Gasteiger partial charge in [0, 0.05) is 0 Å². The molecule has 1 unspecified atom stereocenters. The average molecular weight is 282 g/mol. The van der Waals surface area contributed by atoms with E-state index in [1.54, 1.807) is 0 Å². The zero-order chi connectivity index (χ0) is 14.8. The van der Waals surface area contributed by atoms with Crippen molar-refractivity contribution in [3.63, 3.8) is 0 Å². The van der Waals surface area contributed by atoms with Crippen molar-refractivity contribution in [2.45, 2.75) is 6.04 Å². The summed E-state index contributed by atoms with van der Waals surface area (Å²) in [6.45, 7) is 0. The summed E-state index contributed by atoms with van der Waals surface area (Å²) in [6, 6.07) is 15.1. The van der Waals surface area contributed by atoms with Gasteiger partial charge in [0.25, 0.3) is 0 Å². The Kier molecular flexibility index (Phi) is 3.29. The summed E-state index contributed by atoms with van der Waals surface area (Å²) >= 11 is 0. The fraction of sp³-hybridized carbons (Fsp3) is 0.0667. The number of aromatic amines is 1. The molecule has 3 aromatic rings. The second kappa shape index (κ2) is 5.26. The lowest BCUT2D eigenvalue weighted by Gasteiger charge is -2.12. The number of nitrogens with two attached hydrogens (primary N) is 1. The Morgan fingerprint density at radius 3 is 2.67 bits per heavy atom. The van der Waals surface area contributed by atoms with E-state index in [0.717, 1.165) is 16.6 Å². The molecule has 0 bridgehead atoms. The number of carboxylic acid groups (broad SMARTS) is 1. The van der Waals surface area contributed by atoms with Crippen LogP contribution in [-0.2, 0) is 0 Å². The number of nitrogens with one attached hydrogen (secondary N) is 2. The maximum absolute atomic E-state index is 10.6. The topological polar surface area (TPSA) is 104 Å². The van der Waals surface area contributed by atoms with E-state index in [0.29, 0.717) is 5.52 Å². The maximum atomic E-state index is 10.6. The number of H-pyrrole nitrogens is 1. The van der Waals surface area contributed by atoms with E-state index < -0.39 is 6.09 Å². The smallest absolute Gasteiger partial charge is 0.411 e. The number of hydrogen-bond donors (Lipinski definition) is 4. The van der Waals surface area contributed by atoms with Crippen molar-refractivity contribution in [2.75, 3.05) is 5.32 Å². The summed E-state index contributed by atoms with van der Waals surface area (Å²) in [5, 5.41) is 10.9. The lowest BCUT2D eigenvalue weighted by molar-refractivity contribution is 0.209. The van der Waals surface area contributed by atoms with E-state index >= 15 is 0 Å². The molecule has 0 aliphatic carbocycles. The molecule has 6 nitrogen and oxygen atoms in total. The minimum absolute atomic E-state index is 0.197. The van der Waals surface area contributed by atoms with Crippen molar-refractivity contribution < 1.29 is 9.90 Å². The molecule has 5 N–H and O–H groups in total. The van der Waals surface area contributed by atoms with Gasteiger partial charge in [-0.2, -0.15) is 0 Å². The number of hydrogen-bond acceptors (Lipinski definition) is 3. The molecule has 106 valence electrons. The van der Waals surface area contributed by atoms with E-state index in [2.05, 4.69) is 15.3 Å². The van der Waals surface area contributed by atoms with Crippen LogP contribution < -0.4 is 11.1 Å². The molecule has 0 fully saturated rings. The number of nitrogens with zero attached hydrogens (tertiary/aromatic N) is 1. The molecule has 0 aliphatic rings. The van der Waals surface area contributed by atoms with Gasteiger partial charge in [-0.15, -0.1) is 0 Å². The Balaban J connectivity index is 1.95. The summed E-state index contributed by atoms with van der Waals surface area (Å²) in [6.07, 6.45) is -1.16. The summed E-state index contributed by atoms with van der Waals surface area (Å²) in [7, 11) is 0. The zero-order valence-corrected chi connectivity index (χ0v) is 11.1. The lowest BCUT2D eigenvalue weighted by Crippen LogP contribution is -2.11. The van der Waals surface area contributed by atoms with Gasteiger partial charge in [0.05, 0.1) is 17.1 Å². The monoisotopic (exact) mass is 282 g/mol. The Bertz CT molecular complexity index is 783. The molecule has 21 heavy (non-hydrogen) atoms. The molecular weight excluding hydrogens is 268 g/mol. The Labute approximate surface area is 120 Å². The highest BCUT2D eigenvalue weighted by atomic mass is 16.4. The number of carbonyl (C=O) groups is 1. The normalized spacial score (nSPS) is 12.2. The summed E-state index contributed by atoms with van der Waals surface area (Å²) in [5.74, 6) is 0.197. The van der Waals surface area contributed by atoms with Crippen molar-refractivity contribution in [3.8, 4) is 0 Å². The van der Waals surface area contributed by atoms with Gasteiger partial charge in [0.15, 0.2) is 0 Å². The standard InChI is InChI=1S/C15H14N4O2/c16-13(9-4-2-1-3-5-9)10-6-7-11-12(8-10)18-14(17-11)19-15(20)21/h1-8,13H,16H2,(H,20,21)(H2,17,18,19). The number of anilines is 1. The maximum Gasteiger partial charge on any atom is 0.411 e. The molecule has 0 aliphatic heterocycles. The molecular formula is C15H14N4O2. The van der Waals surface area contributed by atoms with E-state index in [1.807, 2.05) is 48.5 Å². The van der Waals surface area contributed by atoms with Crippen LogP contribution in [0, 0.1) is 0 Å². The number of imidazole rings is 1. The minimum Gasteiger partial charge on any atom is -0.465 e. The highest BCUT2D eigenvalue weighted by molar-refractivity contribution is 5.85. The van der Waals surface area contributed by atoms with Gasteiger partial charge >= 0.3 is 6.09 Å². The first-order valence-corrected chi connectivity index (χ1v) is 6.43. The largest absolute Gasteiger partial charge is 0.465 e. The van der Waals surface area contributed by atoms with Gasteiger partial charge in [0.1, 0.15) is 0 Å². The third kappa shape index (κ3) is 2.70. The van der Waals surface area contributed by atoms with Crippen molar-refractivity contribution in [1.29, 1.82) is 0 Å². The van der Waals surface area contributed by atoms with Gasteiger partial charge in [-0.1, -0.05) is 36.4 Å². The second-order valence-electron chi connectivity index (χ2n) is 4.68. The van der Waals surface area contributed by atoms with E-state index in [4.69, 9.17) is 10.8 Å². The Hall–Kier alpha value is -2.86. The fourth-order valence-corrected chi connectivity index (χ4v) is 2.23. The van der Waals surface area contributed by atoms with Crippen LogP contribution >= 0.6 is 0 Å². The van der Waals surface area contributed by atoms with Crippen molar-refractivity contribution in [3.05, 3.63) is 59.7 Å². The summed E-state index contributed by atoms with van der Waals surface area (Å²) in [5.41, 5.74) is 9.62. The van der Waals surface area contributed by atoms with Crippen LogP contribution in [0.3, 0.4) is 0 Å². The van der Waals surface area contributed by atoms with Gasteiger partial charge in [-0.25, -0.2) is 9.78 Å². The van der Waals surface area contributed by atoms with Crippen molar-refractivity contribution in [2.24, 2.45) is 5.73 Å². The third-order valence-corrected chi connectivity index (χ3v) is 3.25. The van der Waals surface area contributed by atoms with Crippen LogP contribution in [0.2, 0.25) is 0 Å². The first-order chi connectivity index (χ1) is 10.1. The molecule has 0 radical (unpaired) electrons. The van der Waals surface area contributed by atoms with Gasteiger partial charge in [-0.3, -0.25) is 5.32 Å². The third-order valence-electron chi connectivity index (χ3n) is 3.25. The van der Waals surface area contributed by atoms with E-state index in [-0.39, 0.29) is 12.0 Å². The zero-order valence-electron chi connectivity index (χ0n) is 11.1. The van der Waals surface area contributed by atoms with E-state index in [9.17, 15) is 4.79 Å². The number of fused-ring (bicyclic) bond motifs is 1. The highest BCUT2D eigenvalue weighted by Gasteiger charge is 2.11. The number of rotatable bonds is 3. The quantitative estimate of drug-likeness (QED) is 0.592. The van der Waals surface area contributed by atoms with Crippen LogP contribution in [0.1, 0.15) is 17.2 Å². The number of aromatic nitrogens is 2. The molecule has 6 heteroatoms. The fourth-order valence-electron chi connectivity index (χ4n) is 2.23. The first kappa shape index (κ1) is 13.1. The molecule has 1 aromatic heterocycles. The SMILES string of the molecule is NC(c1ccccc1)c1ccc2nc(NC(=O)O)[nH]c2c1. The molecule has 3 rings (SSSR count). The van der Waals surface area contributed by atoms with E-state index in [1.165, 1.54) is 0 Å². The summed E-state index contributed by atoms with van der Waals surface area (Å²) in [4.78, 5) is 17.7. The molecule has 1 heterocycles. The predicted octanol–water partition coefficient (Wildman–Crippen LogP) is 2.70. The van der Waals surface area contributed by atoms with Crippen LogP contribution in [0.4, 0.5) is 10.7 Å². The Morgan fingerprint density at radius 2 is 1.95 bits per heavy atom. The number of benzene rings is 2. The molecule has 1 amide bonds.